The molecule has 1 aromatic carbocycles. The van der Waals surface area contributed by atoms with Crippen LogP contribution in [0.3, 0.4) is 0 Å². The van der Waals surface area contributed by atoms with Crippen LogP contribution in [0.5, 0.6) is 5.75 Å². The smallest absolute Gasteiger partial charge is 0.308 e. The minimum Gasteiger partial charge on any atom is -0.493 e. The van der Waals surface area contributed by atoms with Crippen molar-refractivity contribution in [1.29, 1.82) is 0 Å². The van der Waals surface area contributed by atoms with Crippen LogP contribution in [0.15, 0.2) is 24.3 Å². The highest BCUT2D eigenvalue weighted by Crippen LogP contribution is 2.26. The second kappa shape index (κ2) is 7.71. The lowest BCUT2D eigenvalue weighted by Gasteiger charge is -2.18. The van der Waals surface area contributed by atoms with Crippen molar-refractivity contribution in [1.82, 2.24) is 5.32 Å². The quantitative estimate of drug-likeness (QED) is 0.755. The van der Waals surface area contributed by atoms with Gasteiger partial charge < -0.3 is 14.8 Å². The number of hydrogen-bond donors (Lipinski definition) is 1. The van der Waals surface area contributed by atoms with Crippen LogP contribution < -0.4 is 10.1 Å². The van der Waals surface area contributed by atoms with Gasteiger partial charge in [-0.15, -0.1) is 0 Å². The molecule has 0 saturated carbocycles. The van der Waals surface area contributed by atoms with Gasteiger partial charge in [-0.25, -0.2) is 0 Å². The fraction of sp³-hybridized carbons (Fsp3) is 0.500. The molecule has 0 aromatic heterocycles. The van der Waals surface area contributed by atoms with Crippen LogP contribution in [0.4, 0.5) is 0 Å². The van der Waals surface area contributed by atoms with E-state index in [1.807, 2.05) is 31.3 Å². The molecule has 0 saturated heterocycles. The first kappa shape index (κ1) is 14.5. The van der Waals surface area contributed by atoms with E-state index >= 15 is 0 Å². The summed E-state index contributed by atoms with van der Waals surface area (Å²) in [4.78, 5) is 11.0. The van der Waals surface area contributed by atoms with Gasteiger partial charge in [0.15, 0.2) is 0 Å². The average molecular weight is 251 g/mol. The van der Waals surface area contributed by atoms with Gasteiger partial charge in [-0.1, -0.05) is 25.1 Å². The van der Waals surface area contributed by atoms with Crippen molar-refractivity contribution < 1.29 is 14.3 Å². The minimum absolute atomic E-state index is 0.256. The van der Waals surface area contributed by atoms with E-state index < -0.39 is 0 Å². The van der Waals surface area contributed by atoms with E-state index in [1.165, 1.54) is 7.11 Å². The molecule has 4 heteroatoms. The normalized spacial score (nSPS) is 11.9. The maximum atomic E-state index is 11.0. The predicted molar refractivity (Wildman–Crippen MR) is 70.7 cm³/mol. The Bertz CT molecular complexity index is 375. The number of carbonyl (C=O) groups excluding carboxylic acids is 1. The van der Waals surface area contributed by atoms with Gasteiger partial charge in [-0.2, -0.15) is 0 Å². The Balaban J connectivity index is 2.67. The average Bonchev–Trinajstić information content (AvgIpc) is 2.41. The zero-order chi connectivity index (χ0) is 13.4. The maximum absolute atomic E-state index is 11.0. The topological polar surface area (TPSA) is 47.6 Å². The number of benzene rings is 1. The third-order valence-corrected chi connectivity index (χ3v) is 2.84. The van der Waals surface area contributed by atoms with Gasteiger partial charge in [-0.05, 0) is 19.5 Å². The molecule has 0 spiro atoms. The molecule has 0 amide bonds. The molecule has 100 valence electrons. The van der Waals surface area contributed by atoms with Crippen LogP contribution >= 0.6 is 0 Å². The maximum Gasteiger partial charge on any atom is 0.308 e. The zero-order valence-electron chi connectivity index (χ0n) is 11.2. The predicted octanol–water partition coefficient (Wildman–Crippen LogP) is 2.30. The molecule has 1 N–H and O–H groups in total. The Morgan fingerprint density at radius 3 is 2.72 bits per heavy atom. The molecular formula is C14H21NO3. The fourth-order valence-corrected chi connectivity index (χ4v) is 1.83. The first-order chi connectivity index (χ1) is 8.72. The largest absolute Gasteiger partial charge is 0.493 e. The van der Waals surface area contributed by atoms with Gasteiger partial charge in [-0.3, -0.25) is 4.79 Å². The lowest BCUT2D eigenvalue weighted by Crippen LogP contribution is -2.17. The zero-order valence-corrected chi connectivity index (χ0v) is 11.2. The van der Waals surface area contributed by atoms with E-state index in [4.69, 9.17) is 4.74 Å². The van der Waals surface area contributed by atoms with E-state index in [9.17, 15) is 4.79 Å². The highest BCUT2D eigenvalue weighted by molar-refractivity contribution is 5.69. The molecule has 0 heterocycles. The fourth-order valence-electron chi connectivity index (χ4n) is 1.83. The van der Waals surface area contributed by atoms with Crippen LogP contribution in [0, 0.1) is 0 Å². The van der Waals surface area contributed by atoms with Crippen molar-refractivity contribution in [2.75, 3.05) is 20.8 Å². The van der Waals surface area contributed by atoms with Crippen LogP contribution in [0.25, 0.3) is 0 Å². The molecule has 0 fully saturated rings. The number of hydrogen-bond acceptors (Lipinski definition) is 4. The van der Waals surface area contributed by atoms with Gasteiger partial charge >= 0.3 is 5.97 Å². The third kappa shape index (κ3) is 4.04. The van der Waals surface area contributed by atoms with Gasteiger partial charge in [0.1, 0.15) is 5.75 Å². The Labute approximate surface area is 108 Å². The summed E-state index contributed by atoms with van der Waals surface area (Å²) in [6.45, 7) is 2.45. The van der Waals surface area contributed by atoms with Crippen molar-refractivity contribution in [2.24, 2.45) is 0 Å². The number of carbonyl (C=O) groups is 1. The van der Waals surface area contributed by atoms with E-state index in [0.29, 0.717) is 6.61 Å². The van der Waals surface area contributed by atoms with Crippen molar-refractivity contribution in [3.63, 3.8) is 0 Å². The van der Waals surface area contributed by atoms with Crippen LogP contribution in [-0.2, 0) is 9.53 Å². The van der Waals surface area contributed by atoms with Gasteiger partial charge in [0.05, 0.1) is 20.1 Å². The number of methoxy groups -OCH3 is 1. The molecule has 18 heavy (non-hydrogen) atoms. The summed E-state index contributed by atoms with van der Waals surface area (Å²) < 4.78 is 10.2. The highest BCUT2D eigenvalue weighted by atomic mass is 16.5. The summed E-state index contributed by atoms with van der Waals surface area (Å²) in [5.74, 6) is 0.566. The molecule has 1 aromatic rings. The van der Waals surface area contributed by atoms with Crippen LogP contribution in [0.2, 0.25) is 0 Å². The Morgan fingerprint density at radius 1 is 1.39 bits per heavy atom. The van der Waals surface area contributed by atoms with Crippen molar-refractivity contribution in [2.45, 2.75) is 25.8 Å². The van der Waals surface area contributed by atoms with Crippen LogP contribution in [0.1, 0.15) is 31.4 Å². The van der Waals surface area contributed by atoms with Crippen molar-refractivity contribution >= 4 is 5.97 Å². The number of nitrogens with one attached hydrogen (secondary N) is 1. The Hall–Kier alpha value is -1.55. The number of para-hydroxylation sites is 1. The third-order valence-electron chi connectivity index (χ3n) is 2.84. The minimum atomic E-state index is -0.256. The lowest BCUT2D eigenvalue weighted by molar-refractivity contribution is -0.141. The Morgan fingerprint density at radius 2 is 2.11 bits per heavy atom. The molecule has 0 aliphatic carbocycles. The summed E-state index contributed by atoms with van der Waals surface area (Å²) in [6, 6.07) is 8.14. The first-order valence-corrected chi connectivity index (χ1v) is 6.18. The molecule has 0 aliphatic rings. The van der Waals surface area contributed by atoms with E-state index in [1.54, 1.807) is 0 Å². The van der Waals surface area contributed by atoms with Gasteiger partial charge in [0, 0.05) is 11.6 Å². The van der Waals surface area contributed by atoms with Crippen molar-refractivity contribution in [3.8, 4) is 5.75 Å². The monoisotopic (exact) mass is 251 g/mol. The summed E-state index contributed by atoms with van der Waals surface area (Å²) in [5, 5.41) is 3.25. The summed E-state index contributed by atoms with van der Waals surface area (Å²) in [7, 11) is 3.31. The summed E-state index contributed by atoms with van der Waals surface area (Å²) in [6.07, 6.45) is 1.25. The number of rotatable bonds is 7. The highest BCUT2D eigenvalue weighted by Gasteiger charge is 2.12. The molecule has 1 atom stereocenters. The standard InChI is InChI=1S/C14H21NO3/c1-4-12(15-2)11-7-5-6-8-13(11)18-10-9-14(16)17-3/h5-8,12,15H,4,9-10H2,1-3H3. The van der Waals surface area contributed by atoms with Crippen LogP contribution in [-0.4, -0.2) is 26.7 Å². The summed E-state index contributed by atoms with van der Waals surface area (Å²) in [5.41, 5.74) is 1.12. The van der Waals surface area contributed by atoms with Gasteiger partial charge in [0.25, 0.3) is 0 Å². The summed E-state index contributed by atoms with van der Waals surface area (Å²) >= 11 is 0. The molecular weight excluding hydrogens is 230 g/mol. The first-order valence-electron chi connectivity index (χ1n) is 6.18. The molecule has 0 radical (unpaired) electrons. The molecule has 1 rings (SSSR count). The molecule has 1 unspecified atom stereocenters. The number of ether oxygens (including phenoxy) is 2. The van der Waals surface area contributed by atoms with E-state index in [0.717, 1.165) is 17.7 Å². The lowest BCUT2D eigenvalue weighted by atomic mass is 10.0. The SMILES string of the molecule is CCC(NC)c1ccccc1OCCC(=O)OC. The Kier molecular flexibility index (Phi) is 6.22. The van der Waals surface area contributed by atoms with E-state index in [-0.39, 0.29) is 18.4 Å². The van der Waals surface area contributed by atoms with E-state index in [2.05, 4.69) is 17.0 Å². The second-order valence-electron chi connectivity index (χ2n) is 3.96. The second-order valence-corrected chi connectivity index (χ2v) is 3.96. The molecule has 0 bridgehead atoms. The molecule has 4 nitrogen and oxygen atoms in total. The number of esters is 1. The molecule has 0 aliphatic heterocycles. The van der Waals surface area contributed by atoms with Gasteiger partial charge in [0.2, 0.25) is 0 Å². The van der Waals surface area contributed by atoms with Crippen molar-refractivity contribution in [3.05, 3.63) is 29.8 Å².